The summed E-state index contributed by atoms with van der Waals surface area (Å²) in [7, 11) is 0. The minimum atomic E-state index is 0.0780. The molecule has 0 spiro atoms. The van der Waals surface area contributed by atoms with Crippen molar-refractivity contribution in [3.05, 3.63) is 65.8 Å². The fourth-order valence-corrected chi connectivity index (χ4v) is 2.80. The number of nitrogens with zero attached hydrogens (tertiary/aromatic N) is 4. The smallest absolute Gasteiger partial charge is 0.192 e. The SMILES string of the molecule is CCNC(=NCc1cc(C(C)C)no1)NC(C)c1cccc(-n2cccn2)c1. The van der Waals surface area contributed by atoms with Crippen LogP contribution in [0.5, 0.6) is 0 Å². The van der Waals surface area contributed by atoms with Crippen LogP contribution in [-0.2, 0) is 6.54 Å². The van der Waals surface area contributed by atoms with Crippen molar-refractivity contribution in [3.63, 3.8) is 0 Å². The van der Waals surface area contributed by atoms with Crippen LogP contribution in [0, 0.1) is 0 Å². The molecular weight excluding hydrogens is 352 g/mol. The zero-order valence-corrected chi connectivity index (χ0v) is 16.9. The highest BCUT2D eigenvalue weighted by molar-refractivity contribution is 5.80. The van der Waals surface area contributed by atoms with E-state index < -0.39 is 0 Å². The number of guanidine groups is 1. The Kier molecular flexibility index (Phi) is 6.47. The van der Waals surface area contributed by atoms with E-state index in [0.29, 0.717) is 12.5 Å². The van der Waals surface area contributed by atoms with Crippen molar-refractivity contribution >= 4 is 5.96 Å². The first-order valence-electron chi connectivity index (χ1n) is 9.67. The minimum absolute atomic E-state index is 0.0780. The van der Waals surface area contributed by atoms with Gasteiger partial charge in [0.05, 0.1) is 17.4 Å². The van der Waals surface area contributed by atoms with Gasteiger partial charge in [0.25, 0.3) is 0 Å². The molecule has 7 nitrogen and oxygen atoms in total. The van der Waals surface area contributed by atoms with Gasteiger partial charge >= 0.3 is 0 Å². The number of nitrogens with one attached hydrogen (secondary N) is 2. The van der Waals surface area contributed by atoms with Crippen LogP contribution in [0.25, 0.3) is 5.69 Å². The maximum absolute atomic E-state index is 5.38. The molecule has 0 aliphatic heterocycles. The predicted molar refractivity (Wildman–Crippen MR) is 111 cm³/mol. The minimum Gasteiger partial charge on any atom is -0.359 e. The maximum atomic E-state index is 5.38. The van der Waals surface area contributed by atoms with Crippen LogP contribution >= 0.6 is 0 Å². The van der Waals surface area contributed by atoms with Gasteiger partial charge in [-0.3, -0.25) is 0 Å². The molecule has 0 aliphatic carbocycles. The van der Waals surface area contributed by atoms with Gasteiger partial charge in [-0.15, -0.1) is 0 Å². The van der Waals surface area contributed by atoms with E-state index in [2.05, 4.69) is 58.8 Å². The Bertz CT molecular complexity index is 897. The van der Waals surface area contributed by atoms with E-state index in [0.717, 1.165) is 35.2 Å². The highest BCUT2D eigenvalue weighted by Crippen LogP contribution is 2.17. The van der Waals surface area contributed by atoms with Gasteiger partial charge in [-0.1, -0.05) is 31.1 Å². The Morgan fingerprint density at radius 1 is 1.21 bits per heavy atom. The van der Waals surface area contributed by atoms with E-state index in [1.54, 1.807) is 6.20 Å². The quantitative estimate of drug-likeness (QED) is 0.481. The van der Waals surface area contributed by atoms with Gasteiger partial charge in [0, 0.05) is 25.0 Å². The molecule has 0 aliphatic rings. The Hall–Kier alpha value is -3.09. The maximum Gasteiger partial charge on any atom is 0.192 e. The lowest BCUT2D eigenvalue weighted by Crippen LogP contribution is -2.38. The van der Waals surface area contributed by atoms with Crippen molar-refractivity contribution in [1.82, 2.24) is 25.6 Å². The zero-order valence-electron chi connectivity index (χ0n) is 16.9. The zero-order chi connectivity index (χ0) is 19.9. The lowest BCUT2D eigenvalue weighted by Gasteiger charge is -2.18. The molecule has 148 valence electrons. The molecule has 2 N–H and O–H groups in total. The summed E-state index contributed by atoms with van der Waals surface area (Å²) in [6, 6.07) is 12.3. The third kappa shape index (κ3) is 5.00. The molecule has 0 saturated heterocycles. The van der Waals surface area contributed by atoms with Crippen molar-refractivity contribution in [3.8, 4) is 5.69 Å². The summed E-state index contributed by atoms with van der Waals surface area (Å²) >= 11 is 0. The van der Waals surface area contributed by atoms with Crippen LogP contribution in [0.1, 0.15) is 56.7 Å². The number of rotatable bonds is 7. The molecule has 0 amide bonds. The first kappa shape index (κ1) is 19.7. The van der Waals surface area contributed by atoms with Gasteiger partial charge in [0.15, 0.2) is 11.7 Å². The molecule has 7 heteroatoms. The molecule has 0 radical (unpaired) electrons. The molecular formula is C21H28N6O. The van der Waals surface area contributed by atoms with Crippen LogP contribution < -0.4 is 10.6 Å². The second kappa shape index (κ2) is 9.21. The first-order valence-corrected chi connectivity index (χ1v) is 9.67. The van der Waals surface area contributed by atoms with Crippen molar-refractivity contribution < 1.29 is 4.52 Å². The lowest BCUT2D eigenvalue weighted by atomic mass is 10.1. The number of hydrogen-bond acceptors (Lipinski definition) is 4. The summed E-state index contributed by atoms with van der Waals surface area (Å²) < 4.78 is 7.23. The van der Waals surface area contributed by atoms with Gasteiger partial charge in [-0.05, 0) is 43.5 Å². The van der Waals surface area contributed by atoms with E-state index in [1.807, 2.05) is 42.1 Å². The summed E-state index contributed by atoms with van der Waals surface area (Å²) in [4.78, 5) is 4.64. The van der Waals surface area contributed by atoms with E-state index in [4.69, 9.17) is 4.52 Å². The normalized spacial score (nSPS) is 13.0. The average molecular weight is 380 g/mol. The Morgan fingerprint density at radius 2 is 2.07 bits per heavy atom. The molecule has 1 aromatic carbocycles. The fraction of sp³-hybridized carbons (Fsp3) is 0.381. The van der Waals surface area contributed by atoms with Gasteiger partial charge in [-0.25, -0.2) is 9.67 Å². The molecule has 0 saturated carbocycles. The Labute approximate surface area is 165 Å². The number of hydrogen-bond donors (Lipinski definition) is 2. The third-order valence-corrected chi connectivity index (χ3v) is 4.40. The van der Waals surface area contributed by atoms with Crippen LogP contribution in [0.2, 0.25) is 0 Å². The highest BCUT2D eigenvalue weighted by Gasteiger charge is 2.11. The molecule has 3 rings (SSSR count). The van der Waals surface area contributed by atoms with E-state index in [-0.39, 0.29) is 6.04 Å². The second-order valence-electron chi connectivity index (χ2n) is 6.98. The largest absolute Gasteiger partial charge is 0.359 e. The molecule has 1 unspecified atom stereocenters. The average Bonchev–Trinajstić information content (AvgIpc) is 3.38. The van der Waals surface area contributed by atoms with E-state index >= 15 is 0 Å². The summed E-state index contributed by atoms with van der Waals surface area (Å²) in [5.41, 5.74) is 3.13. The summed E-state index contributed by atoms with van der Waals surface area (Å²) in [6.07, 6.45) is 3.71. The molecule has 2 heterocycles. The number of aromatic nitrogens is 3. The van der Waals surface area contributed by atoms with Gasteiger partial charge in [0.2, 0.25) is 0 Å². The second-order valence-corrected chi connectivity index (χ2v) is 6.98. The van der Waals surface area contributed by atoms with Gasteiger partial charge in [-0.2, -0.15) is 5.10 Å². The highest BCUT2D eigenvalue weighted by atomic mass is 16.5. The summed E-state index contributed by atoms with van der Waals surface area (Å²) in [5, 5.41) is 15.1. The standard InChI is InChI=1S/C21H28N6O/c1-5-22-21(23-14-19-13-20(15(2)3)26-28-19)25-16(4)17-8-6-9-18(12-17)27-11-7-10-24-27/h6-13,15-16H,5,14H2,1-4H3,(H2,22,23,25). The van der Waals surface area contributed by atoms with Crippen molar-refractivity contribution in [2.24, 2.45) is 4.99 Å². The van der Waals surface area contributed by atoms with Crippen LogP contribution in [0.3, 0.4) is 0 Å². The first-order chi connectivity index (χ1) is 13.6. The van der Waals surface area contributed by atoms with Crippen molar-refractivity contribution in [1.29, 1.82) is 0 Å². The summed E-state index contributed by atoms with van der Waals surface area (Å²) in [5.74, 6) is 1.84. The van der Waals surface area contributed by atoms with E-state index in [9.17, 15) is 0 Å². The summed E-state index contributed by atoms with van der Waals surface area (Å²) in [6.45, 7) is 9.56. The Balaban J connectivity index is 1.70. The van der Waals surface area contributed by atoms with Gasteiger partial charge < -0.3 is 15.2 Å². The van der Waals surface area contributed by atoms with E-state index in [1.165, 1.54) is 0 Å². The third-order valence-electron chi connectivity index (χ3n) is 4.40. The van der Waals surface area contributed by atoms with Crippen LogP contribution in [-0.4, -0.2) is 27.4 Å². The molecule has 2 aromatic heterocycles. The lowest BCUT2D eigenvalue weighted by molar-refractivity contribution is 0.376. The van der Waals surface area contributed by atoms with Gasteiger partial charge in [0.1, 0.15) is 6.54 Å². The number of benzene rings is 1. The number of aliphatic imine (C=N–C) groups is 1. The monoisotopic (exact) mass is 380 g/mol. The topological polar surface area (TPSA) is 80.3 Å². The molecule has 0 bridgehead atoms. The van der Waals surface area contributed by atoms with Crippen molar-refractivity contribution in [2.75, 3.05) is 6.54 Å². The van der Waals surface area contributed by atoms with Crippen molar-refractivity contribution in [2.45, 2.75) is 46.2 Å². The molecule has 0 fully saturated rings. The molecule has 3 aromatic rings. The fourth-order valence-electron chi connectivity index (χ4n) is 2.80. The predicted octanol–water partition coefficient (Wildman–Crippen LogP) is 3.80. The molecule has 1 atom stereocenters. The molecule has 28 heavy (non-hydrogen) atoms. The Morgan fingerprint density at radius 3 is 2.75 bits per heavy atom. The van der Waals surface area contributed by atoms with Crippen LogP contribution in [0.4, 0.5) is 0 Å². The van der Waals surface area contributed by atoms with Crippen LogP contribution in [0.15, 0.2) is 58.3 Å².